The van der Waals surface area contributed by atoms with Crippen LogP contribution in [-0.2, 0) is 28.6 Å². The monoisotopic (exact) mass is 695 g/mol. The smallest absolute Gasteiger partial charge is 0.306 e. The molecule has 290 valence electrons. The maximum absolute atomic E-state index is 12.6. The highest BCUT2D eigenvalue weighted by Gasteiger charge is 2.19. The summed E-state index contributed by atoms with van der Waals surface area (Å²) < 4.78 is 16.6. The highest BCUT2D eigenvalue weighted by atomic mass is 16.6. The van der Waals surface area contributed by atoms with E-state index in [0.717, 1.165) is 69.6 Å². The van der Waals surface area contributed by atoms with E-state index >= 15 is 0 Å². The molecule has 0 fully saturated rings. The quantitative estimate of drug-likeness (QED) is 0.0366. The molecule has 0 rings (SSSR count). The second kappa shape index (κ2) is 36.2. The number of esters is 3. The summed E-state index contributed by atoms with van der Waals surface area (Å²) in [5.74, 6) is 0.756. The van der Waals surface area contributed by atoms with Gasteiger partial charge in [0.1, 0.15) is 13.2 Å². The Kier molecular flexibility index (Phi) is 35.0. The van der Waals surface area contributed by atoms with Crippen molar-refractivity contribution in [3.05, 3.63) is 0 Å². The maximum atomic E-state index is 12.6. The van der Waals surface area contributed by atoms with Gasteiger partial charge in [-0.05, 0) is 31.1 Å². The van der Waals surface area contributed by atoms with Crippen molar-refractivity contribution >= 4 is 17.9 Å². The van der Waals surface area contributed by atoms with E-state index in [4.69, 9.17) is 14.2 Å². The van der Waals surface area contributed by atoms with Crippen LogP contribution in [0.1, 0.15) is 227 Å². The second-order valence-electron chi connectivity index (χ2n) is 15.1. The van der Waals surface area contributed by atoms with Crippen LogP contribution < -0.4 is 0 Å². The molecule has 49 heavy (non-hydrogen) atoms. The number of hydrogen-bond donors (Lipinski definition) is 0. The van der Waals surface area contributed by atoms with Crippen molar-refractivity contribution in [2.24, 2.45) is 11.8 Å². The second-order valence-corrected chi connectivity index (χ2v) is 15.1. The minimum atomic E-state index is -0.760. The molecule has 3 atom stereocenters. The summed E-state index contributed by atoms with van der Waals surface area (Å²) in [5, 5.41) is 0. The summed E-state index contributed by atoms with van der Waals surface area (Å²) in [6.45, 7) is 11.3. The van der Waals surface area contributed by atoms with Crippen LogP contribution in [0.3, 0.4) is 0 Å². The van der Waals surface area contributed by atoms with Crippen molar-refractivity contribution in [3.63, 3.8) is 0 Å². The lowest BCUT2D eigenvalue weighted by atomic mass is 10.00. The number of rotatable bonds is 37. The van der Waals surface area contributed by atoms with Crippen molar-refractivity contribution in [3.8, 4) is 0 Å². The molecular formula is C43H82O6. The Morgan fingerprint density at radius 2 is 0.714 bits per heavy atom. The molecule has 0 radical (unpaired) electrons. The molecule has 0 aliphatic carbocycles. The van der Waals surface area contributed by atoms with Crippen LogP contribution in [0.2, 0.25) is 0 Å². The van der Waals surface area contributed by atoms with Gasteiger partial charge in [0, 0.05) is 19.3 Å². The Balaban J connectivity index is 4.38. The zero-order chi connectivity index (χ0) is 36.2. The van der Waals surface area contributed by atoms with Gasteiger partial charge in [0.05, 0.1) is 0 Å². The fourth-order valence-corrected chi connectivity index (χ4v) is 6.16. The minimum absolute atomic E-state index is 0.0668. The van der Waals surface area contributed by atoms with E-state index in [1.165, 1.54) is 116 Å². The molecule has 0 N–H and O–H groups in total. The predicted molar refractivity (Wildman–Crippen MR) is 206 cm³/mol. The van der Waals surface area contributed by atoms with Gasteiger partial charge in [-0.15, -0.1) is 0 Å². The van der Waals surface area contributed by atoms with Gasteiger partial charge < -0.3 is 14.2 Å². The number of carbonyl (C=O) groups excluding carboxylic acids is 3. The van der Waals surface area contributed by atoms with E-state index in [0.29, 0.717) is 19.3 Å². The van der Waals surface area contributed by atoms with Crippen molar-refractivity contribution in [2.45, 2.75) is 233 Å². The summed E-state index contributed by atoms with van der Waals surface area (Å²) in [6, 6.07) is 0. The van der Waals surface area contributed by atoms with Gasteiger partial charge >= 0.3 is 17.9 Å². The van der Waals surface area contributed by atoms with E-state index in [-0.39, 0.29) is 31.1 Å². The molecule has 0 aromatic carbocycles. The largest absolute Gasteiger partial charge is 0.462 e. The summed E-state index contributed by atoms with van der Waals surface area (Å²) >= 11 is 0. The molecule has 2 unspecified atom stereocenters. The first-order valence-electron chi connectivity index (χ1n) is 21.3. The summed E-state index contributed by atoms with van der Waals surface area (Å²) in [4.78, 5) is 37.5. The minimum Gasteiger partial charge on any atom is -0.462 e. The standard InChI is InChI=1S/C43H82O6/c1-6-9-10-11-12-13-14-15-16-23-28-33-41(44)47-36-40(49-43(46)35-30-25-20-18-22-27-32-39(5)8-3)37-48-42(45)34-29-24-19-17-21-26-31-38(4)7-2/h38-40H,6-37H2,1-5H3/t38?,39?,40-/m1/s1. The van der Waals surface area contributed by atoms with E-state index in [2.05, 4.69) is 34.6 Å². The van der Waals surface area contributed by atoms with E-state index in [1.54, 1.807) is 0 Å². The lowest BCUT2D eigenvalue weighted by molar-refractivity contribution is -0.167. The van der Waals surface area contributed by atoms with Crippen LogP contribution >= 0.6 is 0 Å². The van der Waals surface area contributed by atoms with Gasteiger partial charge in [-0.25, -0.2) is 0 Å². The van der Waals surface area contributed by atoms with E-state index in [9.17, 15) is 14.4 Å². The fraction of sp³-hybridized carbons (Fsp3) is 0.930. The summed E-state index contributed by atoms with van der Waals surface area (Å²) in [5.41, 5.74) is 0. The molecule has 0 spiro atoms. The molecular weight excluding hydrogens is 612 g/mol. The van der Waals surface area contributed by atoms with Crippen molar-refractivity contribution < 1.29 is 28.6 Å². The Hall–Kier alpha value is -1.59. The topological polar surface area (TPSA) is 78.9 Å². The third kappa shape index (κ3) is 34.6. The average Bonchev–Trinajstić information content (AvgIpc) is 3.10. The molecule has 0 aliphatic rings. The molecule has 0 aromatic rings. The first-order chi connectivity index (χ1) is 23.8. The van der Waals surface area contributed by atoms with Crippen molar-refractivity contribution in [1.29, 1.82) is 0 Å². The molecule has 0 bridgehead atoms. The van der Waals surface area contributed by atoms with Gasteiger partial charge in [0.25, 0.3) is 0 Å². The highest BCUT2D eigenvalue weighted by Crippen LogP contribution is 2.17. The first kappa shape index (κ1) is 47.4. The Morgan fingerprint density at radius 1 is 0.408 bits per heavy atom. The third-order valence-electron chi connectivity index (χ3n) is 10.2. The highest BCUT2D eigenvalue weighted by molar-refractivity contribution is 5.71. The van der Waals surface area contributed by atoms with Crippen LogP contribution in [0.5, 0.6) is 0 Å². The maximum Gasteiger partial charge on any atom is 0.306 e. The molecule has 0 amide bonds. The van der Waals surface area contributed by atoms with Gasteiger partial charge in [-0.3, -0.25) is 14.4 Å². The van der Waals surface area contributed by atoms with Crippen LogP contribution in [0.4, 0.5) is 0 Å². The predicted octanol–water partition coefficient (Wildman–Crippen LogP) is 13.0. The molecule has 6 heteroatoms. The van der Waals surface area contributed by atoms with E-state index < -0.39 is 6.10 Å². The molecule has 0 aromatic heterocycles. The number of hydrogen-bond acceptors (Lipinski definition) is 6. The normalized spacial score (nSPS) is 13.2. The number of ether oxygens (including phenoxy) is 3. The molecule has 6 nitrogen and oxygen atoms in total. The average molecular weight is 695 g/mol. The van der Waals surface area contributed by atoms with E-state index in [1.807, 2.05) is 0 Å². The van der Waals surface area contributed by atoms with Crippen LogP contribution in [0.25, 0.3) is 0 Å². The molecule has 0 saturated carbocycles. The zero-order valence-electron chi connectivity index (χ0n) is 33.3. The van der Waals surface area contributed by atoms with Gasteiger partial charge in [0.2, 0.25) is 0 Å². The van der Waals surface area contributed by atoms with Crippen molar-refractivity contribution in [2.75, 3.05) is 13.2 Å². The fourth-order valence-electron chi connectivity index (χ4n) is 6.16. The Labute approximate surface area is 304 Å². The van der Waals surface area contributed by atoms with Gasteiger partial charge in [-0.1, -0.05) is 189 Å². The molecule has 0 heterocycles. The Bertz CT molecular complexity index is 753. The Morgan fingerprint density at radius 3 is 1.06 bits per heavy atom. The van der Waals surface area contributed by atoms with Crippen LogP contribution in [0.15, 0.2) is 0 Å². The SMILES string of the molecule is CCCCCCCCCCCCCC(=O)OC[C@H](COC(=O)CCCCCCCCC(C)CC)OC(=O)CCCCCCCCC(C)CC. The molecule has 0 saturated heterocycles. The van der Waals surface area contributed by atoms with Crippen LogP contribution in [-0.4, -0.2) is 37.2 Å². The molecule has 0 aliphatic heterocycles. The van der Waals surface area contributed by atoms with Crippen molar-refractivity contribution in [1.82, 2.24) is 0 Å². The lowest BCUT2D eigenvalue weighted by Crippen LogP contribution is -2.30. The van der Waals surface area contributed by atoms with Gasteiger partial charge in [0.15, 0.2) is 6.10 Å². The number of carbonyl (C=O) groups is 3. The zero-order valence-corrected chi connectivity index (χ0v) is 33.3. The lowest BCUT2D eigenvalue weighted by Gasteiger charge is -2.18. The number of unbranched alkanes of at least 4 members (excludes halogenated alkanes) is 20. The third-order valence-corrected chi connectivity index (χ3v) is 10.2. The van der Waals surface area contributed by atoms with Crippen LogP contribution in [0, 0.1) is 11.8 Å². The first-order valence-corrected chi connectivity index (χ1v) is 21.3. The summed E-state index contributed by atoms with van der Waals surface area (Å²) in [6.07, 6.45) is 32.3. The summed E-state index contributed by atoms with van der Waals surface area (Å²) in [7, 11) is 0. The van der Waals surface area contributed by atoms with Gasteiger partial charge in [-0.2, -0.15) is 0 Å².